The van der Waals surface area contributed by atoms with E-state index >= 15 is 0 Å². The molecule has 1 fully saturated rings. The average Bonchev–Trinajstić information content (AvgIpc) is 2.15. The van der Waals surface area contributed by atoms with Crippen molar-refractivity contribution < 1.29 is 9.53 Å². The molecule has 17 heavy (non-hydrogen) atoms. The maximum absolute atomic E-state index is 12.1. The van der Waals surface area contributed by atoms with E-state index in [1.54, 1.807) is 4.90 Å². The van der Waals surface area contributed by atoms with Crippen molar-refractivity contribution in [2.75, 3.05) is 6.54 Å². The number of hydrogen-bond acceptors (Lipinski definition) is 3. The number of carbonyl (C=O) groups excluding carboxylic acids is 1. The van der Waals surface area contributed by atoms with Crippen LogP contribution in [0.25, 0.3) is 0 Å². The summed E-state index contributed by atoms with van der Waals surface area (Å²) in [6.07, 6.45) is 2.49. The number of thiocarbonyl (C=S) groups is 1. The summed E-state index contributed by atoms with van der Waals surface area (Å²) < 4.78 is 5.39. The Balaban J connectivity index is 2.86. The van der Waals surface area contributed by atoms with Crippen LogP contribution < -0.4 is 5.73 Å². The van der Waals surface area contributed by atoms with Crippen LogP contribution in [0.2, 0.25) is 0 Å². The normalized spacial score (nSPS) is 25.5. The highest BCUT2D eigenvalue weighted by Crippen LogP contribution is 2.29. The first-order valence-electron chi connectivity index (χ1n) is 5.97. The van der Waals surface area contributed by atoms with Gasteiger partial charge < -0.3 is 10.5 Å². The van der Waals surface area contributed by atoms with Gasteiger partial charge in [-0.15, -0.1) is 0 Å². The van der Waals surface area contributed by atoms with Crippen molar-refractivity contribution in [3.8, 4) is 0 Å². The highest BCUT2D eigenvalue weighted by atomic mass is 32.1. The van der Waals surface area contributed by atoms with Gasteiger partial charge in [0, 0.05) is 6.54 Å². The molecule has 98 valence electrons. The van der Waals surface area contributed by atoms with Gasteiger partial charge in [0.05, 0.1) is 10.5 Å². The van der Waals surface area contributed by atoms with Gasteiger partial charge in [-0.05, 0) is 47.0 Å². The lowest BCUT2D eigenvalue weighted by Gasteiger charge is -2.44. The lowest BCUT2D eigenvalue weighted by Crippen LogP contribution is -2.59. The van der Waals surface area contributed by atoms with E-state index in [2.05, 4.69) is 0 Å². The smallest absolute Gasteiger partial charge is 0.411 e. The molecule has 1 aliphatic rings. The average molecular weight is 258 g/mol. The van der Waals surface area contributed by atoms with Crippen molar-refractivity contribution in [2.24, 2.45) is 5.73 Å². The van der Waals surface area contributed by atoms with Crippen LogP contribution in [-0.4, -0.2) is 33.7 Å². The molecule has 1 aliphatic heterocycles. The maximum Gasteiger partial charge on any atom is 0.411 e. The van der Waals surface area contributed by atoms with Crippen molar-refractivity contribution >= 4 is 23.3 Å². The Labute approximate surface area is 108 Å². The number of ether oxygens (including phenoxy) is 1. The Morgan fingerprint density at radius 3 is 2.47 bits per heavy atom. The number of nitrogens with two attached hydrogens (primary N) is 1. The topological polar surface area (TPSA) is 55.6 Å². The predicted octanol–water partition coefficient (Wildman–Crippen LogP) is 2.45. The number of hydrogen-bond donors (Lipinski definition) is 1. The Hall–Kier alpha value is -0.840. The molecule has 0 aromatic heterocycles. The van der Waals surface area contributed by atoms with Crippen LogP contribution in [0.5, 0.6) is 0 Å². The quantitative estimate of drug-likeness (QED) is 0.734. The molecule has 1 heterocycles. The van der Waals surface area contributed by atoms with Gasteiger partial charge in [0.2, 0.25) is 0 Å². The van der Waals surface area contributed by atoms with E-state index in [0.717, 1.165) is 19.3 Å². The summed E-state index contributed by atoms with van der Waals surface area (Å²) in [4.78, 5) is 14.2. The summed E-state index contributed by atoms with van der Waals surface area (Å²) in [5, 5.41) is 0. The van der Waals surface area contributed by atoms with Gasteiger partial charge in [-0.2, -0.15) is 0 Å². The number of nitrogens with zero attached hydrogens (tertiary/aromatic N) is 1. The Bertz CT molecular complexity index is 325. The fraction of sp³-hybridized carbons (Fsp3) is 0.833. The SMILES string of the molecule is CC(C)(C)OC(=O)N1CCCCC1(C)C(N)=S. The molecular formula is C12H22N2O2S. The van der Waals surface area contributed by atoms with E-state index in [1.807, 2.05) is 27.7 Å². The zero-order valence-electron chi connectivity index (χ0n) is 11.1. The summed E-state index contributed by atoms with van der Waals surface area (Å²) >= 11 is 5.09. The number of rotatable bonds is 1. The van der Waals surface area contributed by atoms with Gasteiger partial charge in [0.15, 0.2) is 0 Å². The monoisotopic (exact) mass is 258 g/mol. The molecule has 1 amide bonds. The Kier molecular flexibility index (Phi) is 4.02. The van der Waals surface area contributed by atoms with E-state index in [9.17, 15) is 4.79 Å². The van der Waals surface area contributed by atoms with Crippen LogP contribution >= 0.6 is 12.2 Å². The van der Waals surface area contributed by atoms with Crippen LogP contribution in [0.4, 0.5) is 4.79 Å². The van der Waals surface area contributed by atoms with Crippen LogP contribution in [-0.2, 0) is 4.74 Å². The predicted molar refractivity (Wildman–Crippen MR) is 72.0 cm³/mol. The number of carbonyl (C=O) groups is 1. The van der Waals surface area contributed by atoms with Crippen molar-refractivity contribution in [3.63, 3.8) is 0 Å². The molecule has 1 rings (SSSR count). The van der Waals surface area contributed by atoms with E-state index in [4.69, 9.17) is 22.7 Å². The second-order valence-electron chi connectivity index (χ2n) is 5.73. The van der Waals surface area contributed by atoms with E-state index < -0.39 is 11.1 Å². The molecule has 0 aromatic rings. The maximum atomic E-state index is 12.1. The fourth-order valence-corrected chi connectivity index (χ4v) is 2.20. The second kappa shape index (κ2) is 4.80. The highest BCUT2D eigenvalue weighted by Gasteiger charge is 2.41. The fourth-order valence-electron chi connectivity index (χ4n) is 1.99. The molecule has 5 heteroatoms. The molecular weight excluding hydrogens is 236 g/mol. The molecule has 0 radical (unpaired) electrons. The van der Waals surface area contributed by atoms with Gasteiger partial charge in [-0.25, -0.2) is 4.79 Å². The molecule has 0 bridgehead atoms. The van der Waals surface area contributed by atoms with Gasteiger partial charge in [0.1, 0.15) is 5.60 Å². The third kappa shape index (κ3) is 3.31. The lowest BCUT2D eigenvalue weighted by molar-refractivity contribution is 0.00352. The molecule has 0 aromatic carbocycles. The molecule has 4 nitrogen and oxygen atoms in total. The standard InChI is InChI=1S/C12H22N2O2S/c1-11(2,3)16-10(15)14-8-6-5-7-12(14,4)9(13)17/h5-8H2,1-4H3,(H2,13,17). The molecule has 0 saturated carbocycles. The number of amides is 1. The van der Waals surface area contributed by atoms with Gasteiger partial charge in [0.25, 0.3) is 0 Å². The highest BCUT2D eigenvalue weighted by molar-refractivity contribution is 7.80. The van der Waals surface area contributed by atoms with Gasteiger partial charge in [-0.3, -0.25) is 4.90 Å². The van der Waals surface area contributed by atoms with E-state index in [0.29, 0.717) is 11.5 Å². The summed E-state index contributed by atoms with van der Waals surface area (Å²) in [6, 6.07) is 0. The van der Waals surface area contributed by atoms with E-state index in [1.165, 1.54) is 0 Å². The Morgan fingerprint density at radius 2 is 2.00 bits per heavy atom. The summed E-state index contributed by atoms with van der Waals surface area (Å²) in [6.45, 7) is 8.13. The molecule has 1 atom stereocenters. The van der Waals surface area contributed by atoms with Crippen molar-refractivity contribution in [1.82, 2.24) is 4.90 Å². The molecule has 0 aliphatic carbocycles. The molecule has 0 spiro atoms. The molecule has 1 unspecified atom stereocenters. The zero-order valence-corrected chi connectivity index (χ0v) is 11.9. The summed E-state index contributed by atoms with van der Waals surface area (Å²) in [7, 11) is 0. The molecule has 2 N–H and O–H groups in total. The number of likely N-dealkylation sites (tertiary alicyclic amines) is 1. The van der Waals surface area contributed by atoms with Crippen LogP contribution in [0.15, 0.2) is 0 Å². The first-order chi connectivity index (χ1) is 7.67. The largest absolute Gasteiger partial charge is 0.444 e. The first kappa shape index (κ1) is 14.2. The minimum Gasteiger partial charge on any atom is -0.444 e. The van der Waals surface area contributed by atoms with Crippen LogP contribution in [0.3, 0.4) is 0 Å². The third-order valence-corrected chi connectivity index (χ3v) is 3.48. The summed E-state index contributed by atoms with van der Waals surface area (Å²) in [5.74, 6) is 0. The summed E-state index contributed by atoms with van der Waals surface area (Å²) in [5.41, 5.74) is 4.74. The minimum absolute atomic E-state index is 0.326. The lowest BCUT2D eigenvalue weighted by atomic mass is 9.89. The van der Waals surface area contributed by atoms with Crippen molar-refractivity contribution in [3.05, 3.63) is 0 Å². The van der Waals surface area contributed by atoms with Gasteiger partial charge >= 0.3 is 6.09 Å². The van der Waals surface area contributed by atoms with E-state index in [-0.39, 0.29) is 6.09 Å². The van der Waals surface area contributed by atoms with Crippen LogP contribution in [0.1, 0.15) is 47.0 Å². The zero-order chi connectivity index (χ0) is 13.3. The van der Waals surface area contributed by atoms with Crippen molar-refractivity contribution in [1.29, 1.82) is 0 Å². The van der Waals surface area contributed by atoms with Crippen LogP contribution in [0, 0.1) is 0 Å². The third-order valence-electron chi connectivity index (χ3n) is 3.04. The van der Waals surface area contributed by atoms with Crippen molar-refractivity contribution in [2.45, 2.75) is 58.1 Å². The van der Waals surface area contributed by atoms with Gasteiger partial charge in [-0.1, -0.05) is 12.2 Å². The second-order valence-corrected chi connectivity index (χ2v) is 6.17. The minimum atomic E-state index is -0.546. The Morgan fingerprint density at radius 1 is 1.41 bits per heavy atom. The number of piperidine rings is 1. The molecule has 1 saturated heterocycles. The first-order valence-corrected chi connectivity index (χ1v) is 6.38.